The third-order valence-electron chi connectivity index (χ3n) is 4.59. The van der Waals surface area contributed by atoms with E-state index in [2.05, 4.69) is 15.4 Å². The number of anilines is 1. The molecule has 0 atom stereocenters. The fraction of sp³-hybridized carbons (Fsp3) is 0.174. The maximum Gasteiger partial charge on any atom is 0.263 e. The summed E-state index contributed by atoms with van der Waals surface area (Å²) in [5.74, 6) is 2.32. The molecule has 1 N–H and O–H groups in total. The minimum absolute atomic E-state index is 0.133. The summed E-state index contributed by atoms with van der Waals surface area (Å²) in [7, 11) is 3.23. The number of hydrogen-bond acceptors (Lipinski definition) is 7. The monoisotopic (exact) mass is 450 g/mol. The molecular formula is C23H22N4O4S. The van der Waals surface area contributed by atoms with Crippen LogP contribution in [0.4, 0.5) is 5.82 Å². The largest absolute Gasteiger partial charge is 0.497 e. The van der Waals surface area contributed by atoms with Crippen molar-refractivity contribution >= 4 is 23.1 Å². The van der Waals surface area contributed by atoms with Gasteiger partial charge in [0.2, 0.25) is 5.13 Å². The fourth-order valence-corrected chi connectivity index (χ4v) is 3.79. The van der Waals surface area contributed by atoms with Crippen molar-refractivity contribution in [2.45, 2.75) is 6.92 Å². The summed E-state index contributed by atoms with van der Waals surface area (Å²) < 4.78 is 17.5. The van der Waals surface area contributed by atoms with Crippen molar-refractivity contribution in [2.75, 3.05) is 26.1 Å². The average molecular weight is 451 g/mol. The van der Waals surface area contributed by atoms with Gasteiger partial charge < -0.3 is 19.5 Å². The third kappa shape index (κ3) is 4.89. The Bertz CT molecular complexity index is 1200. The highest BCUT2D eigenvalue weighted by Gasteiger charge is 2.15. The summed E-state index contributed by atoms with van der Waals surface area (Å²) in [6.07, 6.45) is 0. The molecule has 32 heavy (non-hydrogen) atoms. The molecule has 8 nitrogen and oxygen atoms in total. The Hall–Kier alpha value is -3.85. The van der Waals surface area contributed by atoms with Gasteiger partial charge in [0.25, 0.3) is 5.91 Å². The van der Waals surface area contributed by atoms with Crippen LogP contribution in [0.15, 0.2) is 60.0 Å². The van der Waals surface area contributed by atoms with Gasteiger partial charge in [-0.3, -0.25) is 4.79 Å². The Labute approximate surface area is 189 Å². The Kier molecular flexibility index (Phi) is 6.37. The van der Waals surface area contributed by atoms with E-state index in [-0.39, 0.29) is 12.5 Å². The number of hydrogen-bond donors (Lipinski definition) is 1. The minimum Gasteiger partial charge on any atom is -0.497 e. The molecular weight excluding hydrogens is 428 g/mol. The molecule has 164 valence electrons. The predicted molar refractivity (Wildman–Crippen MR) is 123 cm³/mol. The molecule has 0 fully saturated rings. The lowest BCUT2D eigenvalue weighted by Gasteiger charge is -2.09. The molecule has 0 saturated heterocycles. The summed E-state index contributed by atoms with van der Waals surface area (Å²) in [5, 5.41) is 9.93. The van der Waals surface area contributed by atoms with E-state index < -0.39 is 0 Å². The molecule has 1 amide bonds. The first kappa shape index (κ1) is 21.4. The molecule has 4 aromatic rings. The highest BCUT2D eigenvalue weighted by molar-refractivity contribution is 7.12. The van der Waals surface area contributed by atoms with E-state index in [1.807, 2.05) is 36.6 Å². The second-order valence-corrected chi connectivity index (χ2v) is 7.68. The number of ether oxygens (including phenoxy) is 3. The number of carbonyl (C=O) groups is 1. The van der Waals surface area contributed by atoms with Gasteiger partial charge in [0.1, 0.15) is 23.1 Å². The quantitative estimate of drug-likeness (QED) is 0.430. The maximum absolute atomic E-state index is 12.5. The number of aromatic nitrogens is 3. The van der Waals surface area contributed by atoms with Gasteiger partial charge in [-0.05, 0) is 55.5 Å². The zero-order valence-electron chi connectivity index (χ0n) is 17.9. The lowest BCUT2D eigenvalue weighted by Crippen LogP contribution is -2.21. The summed E-state index contributed by atoms with van der Waals surface area (Å²) in [4.78, 5) is 17.1. The number of nitrogens with one attached hydrogen (secondary N) is 1. The molecule has 0 spiro atoms. The predicted octanol–water partition coefficient (Wildman–Crippen LogP) is 4.34. The van der Waals surface area contributed by atoms with Crippen LogP contribution in [0.3, 0.4) is 0 Å². The van der Waals surface area contributed by atoms with Crippen molar-refractivity contribution in [3.63, 3.8) is 0 Å². The Morgan fingerprint density at radius 2 is 1.62 bits per heavy atom. The lowest BCUT2D eigenvalue weighted by molar-refractivity contribution is -0.118. The minimum atomic E-state index is -0.297. The van der Waals surface area contributed by atoms with Crippen LogP contribution >= 0.6 is 11.3 Å². The van der Waals surface area contributed by atoms with Crippen molar-refractivity contribution in [2.24, 2.45) is 0 Å². The van der Waals surface area contributed by atoms with Crippen LogP contribution in [0.2, 0.25) is 0 Å². The zero-order valence-corrected chi connectivity index (χ0v) is 18.7. The van der Waals surface area contributed by atoms with Crippen molar-refractivity contribution in [1.29, 1.82) is 0 Å². The molecule has 2 heterocycles. The molecule has 2 aromatic carbocycles. The van der Waals surface area contributed by atoms with Crippen LogP contribution in [-0.4, -0.2) is 41.5 Å². The van der Waals surface area contributed by atoms with Crippen molar-refractivity contribution < 1.29 is 19.0 Å². The van der Waals surface area contributed by atoms with E-state index >= 15 is 0 Å². The summed E-state index contributed by atoms with van der Waals surface area (Å²) in [5.41, 5.74) is 2.55. The molecule has 0 radical (unpaired) electrons. The molecule has 0 aliphatic carbocycles. The average Bonchev–Trinajstić information content (AvgIpc) is 3.44. The van der Waals surface area contributed by atoms with Crippen LogP contribution in [0.1, 0.15) is 5.69 Å². The van der Waals surface area contributed by atoms with Gasteiger partial charge in [-0.2, -0.15) is 9.78 Å². The number of thiazole rings is 1. The normalized spacial score (nSPS) is 10.6. The van der Waals surface area contributed by atoms with E-state index in [0.29, 0.717) is 16.7 Å². The Balaban J connectivity index is 1.45. The summed E-state index contributed by atoms with van der Waals surface area (Å²) >= 11 is 1.44. The molecule has 0 unspecified atom stereocenters. The van der Waals surface area contributed by atoms with E-state index in [0.717, 1.165) is 28.5 Å². The first-order valence-corrected chi connectivity index (χ1v) is 10.7. The maximum atomic E-state index is 12.5. The molecule has 0 aliphatic rings. The van der Waals surface area contributed by atoms with Gasteiger partial charge >= 0.3 is 0 Å². The van der Waals surface area contributed by atoms with Crippen molar-refractivity contribution in [1.82, 2.24) is 14.8 Å². The number of amides is 1. The van der Waals surface area contributed by atoms with Crippen molar-refractivity contribution in [3.05, 3.63) is 65.7 Å². The van der Waals surface area contributed by atoms with Crippen LogP contribution in [-0.2, 0) is 4.79 Å². The number of aryl methyl sites for hydroxylation is 1. The smallest absolute Gasteiger partial charge is 0.263 e. The number of carbonyl (C=O) groups excluding carboxylic acids is 1. The van der Waals surface area contributed by atoms with Gasteiger partial charge in [0.15, 0.2) is 6.61 Å². The number of rotatable bonds is 8. The van der Waals surface area contributed by atoms with Gasteiger partial charge in [-0.15, -0.1) is 11.3 Å². The van der Waals surface area contributed by atoms with Gasteiger partial charge in [0.05, 0.1) is 25.6 Å². The van der Waals surface area contributed by atoms with Crippen LogP contribution in [0.25, 0.3) is 16.4 Å². The first-order chi connectivity index (χ1) is 15.6. The highest BCUT2D eigenvalue weighted by Crippen LogP contribution is 2.27. The van der Waals surface area contributed by atoms with E-state index in [1.54, 1.807) is 49.2 Å². The summed E-state index contributed by atoms with van der Waals surface area (Å²) in [6.45, 7) is 1.73. The fourth-order valence-electron chi connectivity index (χ4n) is 2.99. The lowest BCUT2D eigenvalue weighted by atomic mass is 10.2. The molecule has 0 aliphatic heterocycles. The molecule has 0 saturated carbocycles. The number of methoxy groups -OCH3 is 2. The van der Waals surface area contributed by atoms with Gasteiger partial charge in [-0.1, -0.05) is 0 Å². The number of benzene rings is 2. The molecule has 9 heteroatoms. The van der Waals surface area contributed by atoms with Gasteiger partial charge in [0, 0.05) is 17.0 Å². The van der Waals surface area contributed by atoms with Crippen LogP contribution < -0.4 is 19.5 Å². The third-order valence-corrected chi connectivity index (χ3v) is 5.40. The Morgan fingerprint density at radius 1 is 1.00 bits per heavy atom. The summed E-state index contributed by atoms with van der Waals surface area (Å²) in [6, 6.07) is 16.5. The standard InChI is InChI=1S/C23H22N4O4S/c1-15-12-21(25-22(28)13-31-19-10-8-18(30-3)9-11-19)27(26-15)23-24-20(14-32-23)16-4-6-17(29-2)7-5-16/h4-12,14H,13H2,1-3H3,(H,25,28). The Morgan fingerprint density at radius 3 is 2.28 bits per heavy atom. The van der Waals surface area contributed by atoms with E-state index in [4.69, 9.17) is 14.2 Å². The molecule has 0 bridgehead atoms. The number of nitrogens with zero attached hydrogens (tertiary/aromatic N) is 3. The van der Waals surface area contributed by atoms with Crippen molar-refractivity contribution in [3.8, 4) is 33.6 Å². The van der Waals surface area contributed by atoms with Crippen LogP contribution in [0, 0.1) is 6.92 Å². The van der Waals surface area contributed by atoms with Crippen LogP contribution in [0.5, 0.6) is 17.2 Å². The topological polar surface area (TPSA) is 87.5 Å². The highest BCUT2D eigenvalue weighted by atomic mass is 32.1. The second kappa shape index (κ2) is 9.52. The van der Waals surface area contributed by atoms with E-state index in [1.165, 1.54) is 11.3 Å². The molecule has 2 aromatic heterocycles. The van der Waals surface area contributed by atoms with E-state index in [9.17, 15) is 4.79 Å². The zero-order chi connectivity index (χ0) is 22.5. The first-order valence-electron chi connectivity index (χ1n) is 9.79. The SMILES string of the molecule is COc1ccc(OCC(=O)Nc2cc(C)nn2-c2nc(-c3ccc(OC)cc3)cs2)cc1. The van der Waals surface area contributed by atoms with Gasteiger partial charge in [-0.25, -0.2) is 4.98 Å². The second-order valence-electron chi connectivity index (χ2n) is 6.84. The molecule has 4 rings (SSSR count).